The number of nitrogens with one attached hydrogen (secondary N) is 1. The monoisotopic (exact) mass is 602 g/mol. The van der Waals surface area contributed by atoms with Gasteiger partial charge in [-0.05, 0) is 24.3 Å². The lowest BCUT2D eigenvalue weighted by Crippen LogP contribution is -2.19. The van der Waals surface area contributed by atoms with E-state index in [9.17, 15) is 33.6 Å². The first kappa shape index (κ1) is 31.6. The van der Waals surface area contributed by atoms with E-state index in [-0.39, 0.29) is 39.8 Å². The molecule has 2 aliphatic heterocycles. The Morgan fingerprint density at radius 3 is 1.52 bits per heavy atom. The molecule has 0 unspecified atom stereocenters. The van der Waals surface area contributed by atoms with E-state index in [1.54, 1.807) is 0 Å². The number of nitrogen functional groups attached to an aromatic ring is 1. The van der Waals surface area contributed by atoms with E-state index >= 15 is 0 Å². The summed E-state index contributed by atoms with van der Waals surface area (Å²) in [4.78, 5) is 89.2. The van der Waals surface area contributed by atoms with Crippen LogP contribution in [0.25, 0.3) is 0 Å². The SMILES string of the molecule is Nc1cnccc1C(=O)O.O=C(O)c1ccncc1C(=O)O.O=C1NC(=O)c2cnccc21.O=C1OC(=O)c2cnccc21. The Bertz CT molecular complexity index is 1640. The number of nitrogens with zero attached hydrogens (tertiary/aromatic N) is 4. The zero-order valence-corrected chi connectivity index (χ0v) is 21.9. The van der Waals surface area contributed by atoms with Crippen molar-refractivity contribution in [2.45, 2.75) is 0 Å². The number of ether oxygens (including phenoxy) is 1. The number of aromatic nitrogens is 4. The Hall–Kier alpha value is -6.91. The molecule has 17 nitrogen and oxygen atoms in total. The summed E-state index contributed by atoms with van der Waals surface area (Å²) in [6.07, 6.45) is 10.6. The molecule has 4 aromatic rings. The molecule has 0 bridgehead atoms. The summed E-state index contributed by atoms with van der Waals surface area (Å²) < 4.78 is 4.31. The number of nitrogens with two attached hydrogens (primary N) is 1. The lowest BCUT2D eigenvalue weighted by molar-refractivity contribution is 0.0441. The van der Waals surface area contributed by atoms with Crippen molar-refractivity contribution in [1.29, 1.82) is 0 Å². The van der Waals surface area contributed by atoms with E-state index in [1.807, 2.05) is 0 Å². The van der Waals surface area contributed by atoms with Gasteiger partial charge in [0, 0.05) is 43.4 Å². The molecule has 17 heteroatoms. The standard InChI is InChI=1S/C7H4N2O2.C7H5NO4.C7H3NO3.C6H6N2O2/c10-6-4-1-2-8-3-5(4)7(11)9-6;9-6(10)4-1-2-8-3-5(4)7(11)12;9-6-4-1-2-8-3-5(4)7(10)11-6;7-5-3-8-2-1-4(5)6(9)10/h1-3H,(H,9,10,11);1-3H,(H,9,10)(H,11,12);1-3H;1-3H,7H2,(H,9,10). The van der Waals surface area contributed by atoms with Crippen LogP contribution in [0.5, 0.6) is 0 Å². The Labute approximate surface area is 245 Å². The second-order valence-corrected chi connectivity index (χ2v) is 8.10. The van der Waals surface area contributed by atoms with Crippen LogP contribution in [-0.2, 0) is 4.74 Å². The van der Waals surface area contributed by atoms with Gasteiger partial charge in [-0.15, -0.1) is 0 Å². The molecule has 0 aromatic carbocycles. The van der Waals surface area contributed by atoms with Crippen molar-refractivity contribution in [2.75, 3.05) is 5.73 Å². The van der Waals surface area contributed by atoms with Crippen molar-refractivity contribution in [3.8, 4) is 0 Å². The average molecular weight is 602 g/mol. The number of aromatic carboxylic acids is 3. The number of rotatable bonds is 3. The topological polar surface area (TPSA) is 279 Å². The summed E-state index contributed by atoms with van der Waals surface area (Å²) in [5.74, 6) is -5.49. The number of carbonyl (C=O) groups excluding carboxylic acids is 4. The van der Waals surface area contributed by atoms with Gasteiger partial charge in [-0.2, -0.15) is 0 Å². The van der Waals surface area contributed by atoms with Crippen molar-refractivity contribution < 1.29 is 53.6 Å². The van der Waals surface area contributed by atoms with E-state index in [2.05, 4.69) is 30.0 Å². The molecule has 222 valence electrons. The van der Waals surface area contributed by atoms with Crippen molar-refractivity contribution >= 4 is 47.3 Å². The third-order valence-electron chi connectivity index (χ3n) is 5.35. The minimum absolute atomic E-state index is 0.0926. The third kappa shape index (κ3) is 7.63. The predicted octanol–water partition coefficient (Wildman–Crippen LogP) is 1.20. The zero-order chi connectivity index (χ0) is 32.4. The van der Waals surface area contributed by atoms with E-state index in [0.29, 0.717) is 16.7 Å². The second kappa shape index (κ2) is 14.1. The molecular weight excluding hydrogens is 584 g/mol. The number of hydrogen-bond donors (Lipinski definition) is 5. The van der Waals surface area contributed by atoms with Crippen LogP contribution in [-0.4, -0.2) is 76.9 Å². The molecule has 4 aromatic heterocycles. The Morgan fingerprint density at radius 2 is 1.02 bits per heavy atom. The number of carboxylic acids is 3. The predicted molar refractivity (Wildman–Crippen MR) is 144 cm³/mol. The van der Waals surface area contributed by atoms with Gasteiger partial charge in [0.05, 0.1) is 50.8 Å². The number of imide groups is 1. The van der Waals surface area contributed by atoms with Crippen LogP contribution in [0, 0.1) is 0 Å². The first-order valence-electron chi connectivity index (χ1n) is 11.8. The molecule has 6 N–H and O–H groups in total. The van der Waals surface area contributed by atoms with Crippen LogP contribution in [0.2, 0.25) is 0 Å². The third-order valence-corrected chi connectivity index (χ3v) is 5.35. The van der Waals surface area contributed by atoms with Crippen LogP contribution < -0.4 is 11.1 Å². The summed E-state index contributed by atoms with van der Waals surface area (Å²) in [5, 5.41) is 27.7. The van der Waals surface area contributed by atoms with E-state index in [0.717, 1.165) is 12.3 Å². The van der Waals surface area contributed by atoms with E-state index < -0.39 is 29.8 Å². The van der Waals surface area contributed by atoms with E-state index in [1.165, 1.54) is 61.6 Å². The first-order chi connectivity index (χ1) is 20.9. The second-order valence-electron chi connectivity index (χ2n) is 8.10. The number of esters is 2. The lowest BCUT2D eigenvalue weighted by atomic mass is 10.1. The molecule has 0 saturated carbocycles. The minimum Gasteiger partial charge on any atom is -0.478 e. The van der Waals surface area contributed by atoms with Gasteiger partial charge >= 0.3 is 29.8 Å². The van der Waals surface area contributed by atoms with Gasteiger partial charge in [0.1, 0.15) is 0 Å². The number of cyclic esters (lactones) is 2. The number of hydrogen-bond acceptors (Lipinski definition) is 13. The summed E-state index contributed by atoms with van der Waals surface area (Å²) in [6.45, 7) is 0. The van der Waals surface area contributed by atoms with Gasteiger partial charge in [0.15, 0.2) is 0 Å². The van der Waals surface area contributed by atoms with Crippen LogP contribution in [0.15, 0.2) is 73.8 Å². The Morgan fingerprint density at radius 1 is 0.568 bits per heavy atom. The van der Waals surface area contributed by atoms with Crippen LogP contribution >= 0.6 is 0 Å². The number of amides is 2. The summed E-state index contributed by atoms with van der Waals surface area (Å²) in [5.41, 5.74) is 6.32. The van der Waals surface area contributed by atoms with Crippen molar-refractivity contribution in [1.82, 2.24) is 25.3 Å². The van der Waals surface area contributed by atoms with Crippen LogP contribution in [0.3, 0.4) is 0 Å². The molecule has 44 heavy (non-hydrogen) atoms. The zero-order valence-electron chi connectivity index (χ0n) is 21.9. The summed E-state index contributed by atoms with van der Waals surface area (Å²) in [7, 11) is 0. The fourth-order valence-electron chi connectivity index (χ4n) is 3.29. The summed E-state index contributed by atoms with van der Waals surface area (Å²) >= 11 is 0. The molecule has 6 rings (SSSR count). The highest BCUT2D eigenvalue weighted by Gasteiger charge is 2.29. The van der Waals surface area contributed by atoms with Gasteiger partial charge in [-0.1, -0.05) is 0 Å². The van der Waals surface area contributed by atoms with Gasteiger partial charge in [-0.25, -0.2) is 24.0 Å². The highest BCUT2D eigenvalue weighted by molar-refractivity contribution is 6.21. The van der Waals surface area contributed by atoms with Crippen molar-refractivity contribution in [3.05, 3.63) is 113 Å². The largest absolute Gasteiger partial charge is 0.478 e. The molecular formula is C27H18N6O11. The Balaban J connectivity index is 0.000000161. The maximum Gasteiger partial charge on any atom is 0.348 e. The maximum atomic E-state index is 10.9. The number of anilines is 1. The molecule has 2 aliphatic rings. The fourth-order valence-corrected chi connectivity index (χ4v) is 3.29. The molecule has 0 saturated heterocycles. The smallest absolute Gasteiger partial charge is 0.348 e. The molecule has 2 amide bonds. The van der Waals surface area contributed by atoms with Crippen molar-refractivity contribution in [3.63, 3.8) is 0 Å². The number of pyridine rings is 4. The van der Waals surface area contributed by atoms with Crippen molar-refractivity contribution in [2.24, 2.45) is 0 Å². The molecule has 6 heterocycles. The van der Waals surface area contributed by atoms with Crippen LogP contribution in [0.4, 0.5) is 5.69 Å². The maximum absolute atomic E-state index is 10.9. The highest BCUT2D eigenvalue weighted by atomic mass is 16.6. The van der Waals surface area contributed by atoms with E-state index in [4.69, 9.17) is 21.1 Å². The average Bonchev–Trinajstić information content (AvgIpc) is 3.47. The van der Waals surface area contributed by atoms with Crippen LogP contribution in [0.1, 0.15) is 72.5 Å². The first-order valence-corrected chi connectivity index (χ1v) is 11.8. The minimum atomic E-state index is -1.29. The normalized spacial score (nSPS) is 11.9. The van der Waals surface area contributed by atoms with Gasteiger partial charge in [0.25, 0.3) is 11.8 Å². The number of fused-ring (bicyclic) bond motifs is 2. The molecule has 0 radical (unpaired) electrons. The van der Waals surface area contributed by atoms with Gasteiger partial charge < -0.3 is 25.8 Å². The molecule has 0 fully saturated rings. The molecule has 0 atom stereocenters. The Kier molecular flexibility index (Phi) is 10.1. The molecule has 0 aliphatic carbocycles. The quantitative estimate of drug-likeness (QED) is 0.125. The molecule has 0 spiro atoms. The lowest BCUT2D eigenvalue weighted by Gasteiger charge is -1.97. The van der Waals surface area contributed by atoms with Gasteiger partial charge in [-0.3, -0.25) is 34.8 Å². The summed E-state index contributed by atoms with van der Waals surface area (Å²) in [6, 6.07) is 5.49. The number of carbonyl (C=O) groups is 7. The number of carboxylic acid groups (broad SMARTS) is 3. The van der Waals surface area contributed by atoms with Gasteiger partial charge in [0.2, 0.25) is 0 Å². The fraction of sp³-hybridized carbons (Fsp3) is 0. The highest BCUT2D eigenvalue weighted by Crippen LogP contribution is 2.17.